The van der Waals surface area contributed by atoms with E-state index in [1.54, 1.807) is 4.68 Å². The van der Waals surface area contributed by atoms with E-state index < -0.39 is 0 Å². The molecule has 0 atom stereocenters. The minimum Gasteiger partial charge on any atom is -0.298 e. The summed E-state index contributed by atoms with van der Waals surface area (Å²) in [6.07, 6.45) is 0. The van der Waals surface area contributed by atoms with E-state index in [0.717, 1.165) is 5.69 Å². The molecule has 0 aliphatic carbocycles. The first-order valence-electron chi connectivity index (χ1n) is 4.76. The molecule has 1 rings (SSSR count). The van der Waals surface area contributed by atoms with Gasteiger partial charge in [0, 0.05) is 0 Å². The Hall–Kier alpha value is -0.510. The van der Waals surface area contributed by atoms with E-state index in [4.69, 9.17) is 0 Å². The molecule has 14 heavy (non-hydrogen) atoms. The van der Waals surface area contributed by atoms with Crippen LogP contribution < -0.4 is 5.56 Å². The number of nitrogens with zero attached hydrogens (tertiary/aromatic N) is 1. The zero-order valence-electron chi connectivity index (χ0n) is 9.31. The van der Waals surface area contributed by atoms with E-state index in [2.05, 4.69) is 34.9 Å². The summed E-state index contributed by atoms with van der Waals surface area (Å²) in [5, 5.41) is 3.15. The SMILES string of the molecule is CC(C)c1[nH]n(C(C)(C)C)c(=O)c1Br. The molecule has 1 aromatic rings. The van der Waals surface area contributed by atoms with Gasteiger partial charge in [0.1, 0.15) is 4.47 Å². The second-order valence-corrected chi connectivity index (χ2v) is 5.60. The van der Waals surface area contributed by atoms with Crippen molar-refractivity contribution in [3.8, 4) is 0 Å². The maximum atomic E-state index is 11.8. The first-order chi connectivity index (χ1) is 6.25. The van der Waals surface area contributed by atoms with Crippen LogP contribution in [-0.4, -0.2) is 9.78 Å². The van der Waals surface area contributed by atoms with Gasteiger partial charge in [-0.05, 0) is 42.6 Å². The van der Waals surface area contributed by atoms with Crippen molar-refractivity contribution in [3.63, 3.8) is 0 Å². The molecular formula is C10H17BrN2O. The molecule has 0 aliphatic rings. The van der Waals surface area contributed by atoms with Crippen LogP contribution in [0.4, 0.5) is 0 Å². The molecule has 1 N–H and O–H groups in total. The van der Waals surface area contributed by atoms with Crippen molar-refractivity contribution < 1.29 is 0 Å². The summed E-state index contributed by atoms with van der Waals surface area (Å²) in [5.41, 5.74) is 0.776. The van der Waals surface area contributed by atoms with Crippen LogP contribution in [-0.2, 0) is 5.54 Å². The molecule has 0 radical (unpaired) electrons. The highest BCUT2D eigenvalue weighted by Gasteiger charge is 2.21. The van der Waals surface area contributed by atoms with Crippen LogP contribution in [0.15, 0.2) is 9.27 Å². The van der Waals surface area contributed by atoms with E-state index >= 15 is 0 Å². The van der Waals surface area contributed by atoms with E-state index in [-0.39, 0.29) is 11.1 Å². The molecule has 1 aromatic heterocycles. The fourth-order valence-corrected chi connectivity index (χ4v) is 2.01. The van der Waals surface area contributed by atoms with Gasteiger partial charge in [-0.1, -0.05) is 13.8 Å². The number of aromatic amines is 1. The number of hydrogen-bond acceptors (Lipinski definition) is 1. The van der Waals surface area contributed by atoms with Crippen molar-refractivity contribution in [3.05, 3.63) is 20.5 Å². The van der Waals surface area contributed by atoms with Gasteiger partial charge in [0.2, 0.25) is 0 Å². The Morgan fingerprint density at radius 2 is 1.86 bits per heavy atom. The highest BCUT2D eigenvalue weighted by molar-refractivity contribution is 9.10. The molecule has 0 spiro atoms. The van der Waals surface area contributed by atoms with Gasteiger partial charge in [-0.15, -0.1) is 0 Å². The lowest BCUT2D eigenvalue weighted by Crippen LogP contribution is -2.32. The Balaban J connectivity index is 3.37. The van der Waals surface area contributed by atoms with Crippen molar-refractivity contribution in [1.82, 2.24) is 9.78 Å². The first kappa shape index (κ1) is 11.6. The van der Waals surface area contributed by atoms with Gasteiger partial charge in [0.05, 0.1) is 11.2 Å². The van der Waals surface area contributed by atoms with Crippen LogP contribution in [0, 0.1) is 0 Å². The molecule has 0 amide bonds. The third kappa shape index (κ3) is 1.95. The maximum absolute atomic E-state index is 11.8. The van der Waals surface area contributed by atoms with Crippen LogP contribution >= 0.6 is 15.9 Å². The number of aromatic nitrogens is 2. The van der Waals surface area contributed by atoms with E-state index in [9.17, 15) is 4.79 Å². The Morgan fingerprint density at radius 3 is 2.07 bits per heavy atom. The Bertz CT molecular complexity index is 382. The number of rotatable bonds is 1. The summed E-state index contributed by atoms with van der Waals surface area (Å²) < 4.78 is 2.31. The summed E-state index contributed by atoms with van der Waals surface area (Å²) in [6.45, 7) is 10.1. The van der Waals surface area contributed by atoms with Crippen LogP contribution in [0.25, 0.3) is 0 Å². The molecule has 0 aliphatic heterocycles. The maximum Gasteiger partial charge on any atom is 0.281 e. The first-order valence-corrected chi connectivity index (χ1v) is 5.55. The molecule has 4 heteroatoms. The minimum atomic E-state index is -0.202. The van der Waals surface area contributed by atoms with Crippen LogP contribution in [0.5, 0.6) is 0 Å². The highest BCUT2D eigenvalue weighted by Crippen LogP contribution is 2.21. The lowest BCUT2D eigenvalue weighted by molar-refractivity contribution is 0.342. The average Bonchev–Trinajstić information content (AvgIpc) is 2.28. The zero-order valence-corrected chi connectivity index (χ0v) is 10.9. The molecule has 0 bridgehead atoms. The molecule has 1 heterocycles. The van der Waals surface area contributed by atoms with Crippen molar-refractivity contribution >= 4 is 15.9 Å². The summed E-state index contributed by atoms with van der Waals surface area (Å²) in [4.78, 5) is 11.8. The smallest absolute Gasteiger partial charge is 0.281 e. The second kappa shape index (κ2) is 3.57. The predicted molar refractivity (Wildman–Crippen MR) is 61.8 cm³/mol. The third-order valence-corrected chi connectivity index (χ3v) is 2.87. The largest absolute Gasteiger partial charge is 0.298 e. The van der Waals surface area contributed by atoms with Gasteiger partial charge in [-0.2, -0.15) is 0 Å². The highest BCUT2D eigenvalue weighted by atomic mass is 79.9. The van der Waals surface area contributed by atoms with E-state index in [1.807, 2.05) is 20.8 Å². The average molecular weight is 261 g/mol. The van der Waals surface area contributed by atoms with Gasteiger partial charge in [-0.3, -0.25) is 9.89 Å². The summed E-state index contributed by atoms with van der Waals surface area (Å²) in [5.74, 6) is 0.320. The molecule has 0 fully saturated rings. The molecule has 80 valence electrons. The molecule has 0 saturated carbocycles. The van der Waals surface area contributed by atoms with Gasteiger partial charge < -0.3 is 0 Å². The second-order valence-electron chi connectivity index (χ2n) is 4.81. The van der Waals surface area contributed by atoms with Crippen LogP contribution in [0.3, 0.4) is 0 Å². The quantitative estimate of drug-likeness (QED) is 0.829. The molecule has 3 nitrogen and oxygen atoms in total. The molecule has 0 saturated heterocycles. The number of H-pyrrole nitrogens is 1. The summed E-state index contributed by atoms with van der Waals surface area (Å²) in [6, 6.07) is 0. The fraction of sp³-hybridized carbons (Fsp3) is 0.700. The normalized spacial score (nSPS) is 12.5. The lowest BCUT2D eigenvalue weighted by Gasteiger charge is -2.19. The van der Waals surface area contributed by atoms with E-state index in [0.29, 0.717) is 10.4 Å². The van der Waals surface area contributed by atoms with Crippen molar-refractivity contribution in [2.24, 2.45) is 0 Å². The Labute approximate surface area is 92.6 Å². The van der Waals surface area contributed by atoms with Crippen molar-refractivity contribution in [1.29, 1.82) is 0 Å². The number of nitrogens with one attached hydrogen (secondary N) is 1. The summed E-state index contributed by atoms with van der Waals surface area (Å²) >= 11 is 3.33. The topological polar surface area (TPSA) is 37.8 Å². The lowest BCUT2D eigenvalue weighted by atomic mass is 10.1. The molecular weight excluding hydrogens is 244 g/mol. The van der Waals surface area contributed by atoms with Gasteiger partial charge in [0.25, 0.3) is 5.56 Å². The van der Waals surface area contributed by atoms with Crippen molar-refractivity contribution in [2.75, 3.05) is 0 Å². The number of hydrogen-bond donors (Lipinski definition) is 1. The van der Waals surface area contributed by atoms with Crippen LogP contribution in [0.2, 0.25) is 0 Å². The fourth-order valence-electron chi connectivity index (χ4n) is 1.29. The monoisotopic (exact) mass is 260 g/mol. The molecule has 0 unspecified atom stereocenters. The van der Waals surface area contributed by atoms with Gasteiger partial charge in [-0.25, -0.2) is 4.68 Å². The minimum absolute atomic E-state index is 0.0150. The standard InChI is InChI=1S/C10H17BrN2O/c1-6(2)8-7(11)9(14)13(12-8)10(3,4)5/h6,12H,1-5H3. The zero-order chi connectivity index (χ0) is 11.1. The van der Waals surface area contributed by atoms with Crippen LogP contribution in [0.1, 0.15) is 46.2 Å². The number of halogens is 1. The predicted octanol–water partition coefficient (Wildman–Crippen LogP) is 2.82. The van der Waals surface area contributed by atoms with Gasteiger partial charge in [0.15, 0.2) is 0 Å². The summed E-state index contributed by atoms with van der Waals surface area (Å²) in [7, 11) is 0. The Morgan fingerprint density at radius 1 is 1.36 bits per heavy atom. The molecule has 0 aromatic carbocycles. The third-order valence-electron chi connectivity index (χ3n) is 2.11. The van der Waals surface area contributed by atoms with Crippen molar-refractivity contribution in [2.45, 2.75) is 46.1 Å². The van der Waals surface area contributed by atoms with Gasteiger partial charge >= 0.3 is 0 Å². The van der Waals surface area contributed by atoms with E-state index in [1.165, 1.54) is 0 Å². The Kier molecular flexibility index (Phi) is 2.95.